The van der Waals surface area contributed by atoms with E-state index >= 15 is 0 Å². The fourth-order valence-electron chi connectivity index (χ4n) is 2.03. The van der Waals surface area contributed by atoms with Crippen molar-refractivity contribution in [2.24, 2.45) is 0 Å². The van der Waals surface area contributed by atoms with Gasteiger partial charge in [0, 0.05) is 13.1 Å². The minimum atomic E-state index is 0.286. The molecule has 1 N–H and O–H groups in total. The first-order chi connectivity index (χ1) is 6.45. The van der Waals surface area contributed by atoms with E-state index in [1.54, 1.807) is 0 Å². The van der Waals surface area contributed by atoms with Crippen molar-refractivity contribution in [1.29, 1.82) is 0 Å². The van der Waals surface area contributed by atoms with Gasteiger partial charge in [-0.3, -0.25) is 0 Å². The van der Waals surface area contributed by atoms with Crippen molar-refractivity contribution in [3.8, 4) is 0 Å². The maximum Gasteiger partial charge on any atom is 0.0933 e. The quantitative estimate of drug-likeness (QED) is 0.709. The van der Waals surface area contributed by atoms with E-state index in [4.69, 9.17) is 9.47 Å². The van der Waals surface area contributed by atoms with Crippen LogP contribution in [-0.4, -0.2) is 38.5 Å². The molecule has 0 unspecified atom stereocenters. The van der Waals surface area contributed by atoms with E-state index in [9.17, 15) is 0 Å². The second-order valence-corrected chi connectivity index (χ2v) is 3.94. The number of ether oxygens (including phenoxy) is 2. The molecule has 1 atom stereocenters. The lowest BCUT2D eigenvalue weighted by molar-refractivity contribution is -0.0534. The third-order valence-corrected chi connectivity index (χ3v) is 2.82. The Labute approximate surface area is 79.8 Å². The van der Waals surface area contributed by atoms with Gasteiger partial charge in [0.25, 0.3) is 0 Å². The number of morpholine rings is 1. The molecule has 1 aliphatic heterocycles. The minimum Gasteiger partial charge on any atom is -0.375 e. The summed E-state index contributed by atoms with van der Waals surface area (Å²) < 4.78 is 11.3. The number of nitrogens with one attached hydrogen (secondary N) is 1. The molecular weight excluding hydrogens is 166 g/mol. The highest BCUT2D eigenvalue weighted by Crippen LogP contribution is 2.21. The van der Waals surface area contributed by atoms with Crippen molar-refractivity contribution in [3.05, 3.63) is 0 Å². The molecule has 13 heavy (non-hydrogen) atoms. The molecule has 2 rings (SSSR count). The molecule has 1 saturated heterocycles. The molecule has 2 aliphatic rings. The molecule has 76 valence electrons. The topological polar surface area (TPSA) is 30.5 Å². The number of hydrogen-bond donors (Lipinski definition) is 1. The van der Waals surface area contributed by atoms with Crippen LogP contribution >= 0.6 is 0 Å². The van der Waals surface area contributed by atoms with Gasteiger partial charge < -0.3 is 14.8 Å². The Balaban J connectivity index is 1.60. The van der Waals surface area contributed by atoms with Gasteiger partial charge in [-0.05, 0) is 12.8 Å². The maximum absolute atomic E-state index is 5.78. The summed E-state index contributed by atoms with van der Waals surface area (Å²) >= 11 is 0. The normalized spacial score (nSPS) is 30.9. The average Bonchev–Trinajstić information content (AvgIpc) is 2.69. The van der Waals surface area contributed by atoms with Crippen LogP contribution in [0.1, 0.15) is 25.7 Å². The zero-order valence-corrected chi connectivity index (χ0v) is 8.13. The maximum atomic E-state index is 5.78. The van der Waals surface area contributed by atoms with Gasteiger partial charge in [-0.15, -0.1) is 0 Å². The molecule has 0 bridgehead atoms. The van der Waals surface area contributed by atoms with Gasteiger partial charge in [0.2, 0.25) is 0 Å². The van der Waals surface area contributed by atoms with E-state index in [1.165, 1.54) is 25.7 Å². The molecule has 0 aromatic carbocycles. The Bertz CT molecular complexity index is 140. The molecule has 3 nitrogen and oxygen atoms in total. The van der Waals surface area contributed by atoms with E-state index in [-0.39, 0.29) is 6.10 Å². The minimum absolute atomic E-state index is 0.286. The van der Waals surface area contributed by atoms with Crippen LogP contribution in [0.5, 0.6) is 0 Å². The molecule has 0 radical (unpaired) electrons. The second kappa shape index (κ2) is 4.94. The standard InChI is InChI=1S/C10H19NO2/c1-2-4-9(3-1)13-8-10-7-11-5-6-12-10/h9-11H,1-8H2/t10-/m0/s1. The van der Waals surface area contributed by atoms with E-state index in [0.717, 1.165) is 26.3 Å². The third-order valence-electron chi connectivity index (χ3n) is 2.82. The number of rotatable bonds is 3. The lowest BCUT2D eigenvalue weighted by atomic mass is 10.3. The summed E-state index contributed by atoms with van der Waals surface area (Å²) in [6, 6.07) is 0. The van der Waals surface area contributed by atoms with Crippen molar-refractivity contribution in [1.82, 2.24) is 5.32 Å². The average molecular weight is 185 g/mol. The van der Waals surface area contributed by atoms with Crippen molar-refractivity contribution in [2.45, 2.75) is 37.9 Å². The van der Waals surface area contributed by atoms with E-state index in [0.29, 0.717) is 6.10 Å². The Kier molecular flexibility index (Phi) is 3.58. The summed E-state index contributed by atoms with van der Waals surface area (Å²) in [4.78, 5) is 0. The molecule has 0 aromatic rings. The van der Waals surface area contributed by atoms with Crippen LogP contribution < -0.4 is 5.32 Å². The Morgan fingerprint density at radius 3 is 2.85 bits per heavy atom. The van der Waals surface area contributed by atoms with E-state index in [1.807, 2.05) is 0 Å². The van der Waals surface area contributed by atoms with Crippen LogP contribution in [0.25, 0.3) is 0 Å². The highest BCUT2D eigenvalue weighted by atomic mass is 16.5. The lowest BCUT2D eigenvalue weighted by Crippen LogP contribution is -2.41. The van der Waals surface area contributed by atoms with Crippen LogP contribution in [0.3, 0.4) is 0 Å². The Morgan fingerprint density at radius 2 is 2.15 bits per heavy atom. The highest BCUT2D eigenvalue weighted by Gasteiger charge is 2.19. The van der Waals surface area contributed by atoms with Crippen LogP contribution in [0, 0.1) is 0 Å². The van der Waals surface area contributed by atoms with Crippen LogP contribution in [0.15, 0.2) is 0 Å². The summed E-state index contributed by atoms with van der Waals surface area (Å²) in [5, 5.41) is 3.31. The van der Waals surface area contributed by atoms with Crippen molar-refractivity contribution in [2.75, 3.05) is 26.3 Å². The molecule has 0 amide bonds. The largest absolute Gasteiger partial charge is 0.375 e. The molecular formula is C10H19NO2. The van der Waals surface area contributed by atoms with E-state index < -0.39 is 0 Å². The predicted octanol–water partition coefficient (Wildman–Crippen LogP) is 0.934. The van der Waals surface area contributed by atoms with Gasteiger partial charge in [-0.2, -0.15) is 0 Å². The van der Waals surface area contributed by atoms with E-state index in [2.05, 4.69) is 5.32 Å². The fourth-order valence-corrected chi connectivity index (χ4v) is 2.03. The fraction of sp³-hybridized carbons (Fsp3) is 1.00. The van der Waals surface area contributed by atoms with Gasteiger partial charge >= 0.3 is 0 Å². The third kappa shape index (κ3) is 2.93. The molecule has 1 saturated carbocycles. The summed E-state index contributed by atoms with van der Waals surface area (Å²) in [5.74, 6) is 0. The Hall–Kier alpha value is -0.120. The molecule has 3 heteroatoms. The van der Waals surface area contributed by atoms with Gasteiger partial charge in [0.05, 0.1) is 25.4 Å². The summed E-state index contributed by atoms with van der Waals surface area (Å²) in [5.41, 5.74) is 0. The lowest BCUT2D eigenvalue weighted by Gasteiger charge is -2.24. The predicted molar refractivity (Wildman–Crippen MR) is 50.8 cm³/mol. The first-order valence-electron chi connectivity index (χ1n) is 5.39. The van der Waals surface area contributed by atoms with Gasteiger partial charge in [0.1, 0.15) is 0 Å². The second-order valence-electron chi connectivity index (χ2n) is 3.94. The molecule has 2 fully saturated rings. The Morgan fingerprint density at radius 1 is 1.31 bits per heavy atom. The molecule has 0 spiro atoms. The molecule has 1 heterocycles. The number of hydrogen-bond acceptors (Lipinski definition) is 3. The van der Waals surface area contributed by atoms with Crippen molar-refractivity contribution >= 4 is 0 Å². The zero-order valence-electron chi connectivity index (χ0n) is 8.13. The van der Waals surface area contributed by atoms with Gasteiger partial charge in [-0.25, -0.2) is 0 Å². The van der Waals surface area contributed by atoms with Crippen LogP contribution in [0.4, 0.5) is 0 Å². The van der Waals surface area contributed by atoms with Crippen LogP contribution in [0.2, 0.25) is 0 Å². The summed E-state index contributed by atoms with van der Waals surface area (Å²) in [6.07, 6.45) is 5.99. The van der Waals surface area contributed by atoms with Crippen LogP contribution in [-0.2, 0) is 9.47 Å². The first-order valence-corrected chi connectivity index (χ1v) is 5.39. The molecule has 1 aliphatic carbocycles. The SMILES string of the molecule is C1CCC(OC[C@@H]2CNCCO2)C1. The smallest absolute Gasteiger partial charge is 0.0933 e. The summed E-state index contributed by atoms with van der Waals surface area (Å²) in [6.45, 7) is 3.54. The zero-order chi connectivity index (χ0) is 8.93. The van der Waals surface area contributed by atoms with Gasteiger partial charge in [-0.1, -0.05) is 12.8 Å². The van der Waals surface area contributed by atoms with Crippen molar-refractivity contribution < 1.29 is 9.47 Å². The first kappa shape index (κ1) is 9.44. The van der Waals surface area contributed by atoms with Gasteiger partial charge in [0.15, 0.2) is 0 Å². The monoisotopic (exact) mass is 185 g/mol. The van der Waals surface area contributed by atoms with Crippen molar-refractivity contribution in [3.63, 3.8) is 0 Å². The molecule has 0 aromatic heterocycles. The highest BCUT2D eigenvalue weighted by molar-refractivity contribution is 4.70. The summed E-state index contributed by atoms with van der Waals surface area (Å²) in [7, 11) is 0.